The van der Waals surface area contributed by atoms with Crippen molar-refractivity contribution in [1.82, 2.24) is 14.7 Å². The van der Waals surface area contributed by atoms with Crippen LogP contribution >= 0.6 is 0 Å². The molecule has 1 saturated heterocycles. The van der Waals surface area contributed by atoms with E-state index in [0.29, 0.717) is 18.7 Å². The third-order valence-electron chi connectivity index (χ3n) is 6.05. The Morgan fingerprint density at radius 2 is 1.77 bits per heavy atom. The molecule has 35 heavy (non-hydrogen) atoms. The molecule has 0 N–H and O–H groups in total. The van der Waals surface area contributed by atoms with Crippen LogP contribution in [-0.4, -0.2) is 65.7 Å². The topological polar surface area (TPSA) is 98.6 Å². The van der Waals surface area contributed by atoms with Crippen LogP contribution in [0, 0.1) is 0 Å². The third kappa shape index (κ3) is 5.97. The van der Waals surface area contributed by atoms with Crippen LogP contribution in [0.4, 0.5) is 0 Å². The molecule has 0 spiro atoms. The maximum atomic E-state index is 13.1. The van der Waals surface area contributed by atoms with Crippen molar-refractivity contribution < 1.29 is 22.7 Å². The molecule has 1 atom stereocenters. The minimum Gasteiger partial charge on any atom is -0.452 e. The van der Waals surface area contributed by atoms with Crippen LogP contribution < -0.4 is 0 Å². The molecule has 9 heteroatoms. The number of benzene rings is 2. The molecule has 3 aromatic rings. The second kappa shape index (κ2) is 10.9. The molecule has 1 fully saturated rings. The van der Waals surface area contributed by atoms with E-state index in [1.807, 2.05) is 67.6 Å². The number of carbonyl (C=O) groups is 2. The quantitative estimate of drug-likeness (QED) is 0.421. The Morgan fingerprint density at radius 3 is 2.40 bits per heavy atom. The average molecular weight is 496 g/mol. The van der Waals surface area contributed by atoms with Gasteiger partial charge in [-0.15, -0.1) is 0 Å². The smallest absolute Gasteiger partial charge is 0.342 e. The van der Waals surface area contributed by atoms with Gasteiger partial charge in [-0.25, -0.2) is 17.9 Å². The third-order valence-corrected chi connectivity index (χ3v) is 7.80. The number of carbonyl (C=O) groups excluding carboxylic acids is 2. The number of para-hydroxylation sites is 1. The number of hydrogen-bond acceptors (Lipinski definition) is 6. The number of ether oxygens (including phenoxy) is 1. The highest BCUT2D eigenvalue weighted by Crippen LogP contribution is 2.25. The van der Waals surface area contributed by atoms with Gasteiger partial charge in [-0.05, 0) is 25.0 Å². The molecule has 2 heterocycles. The maximum Gasteiger partial charge on any atom is 0.342 e. The molecule has 0 bridgehead atoms. The summed E-state index contributed by atoms with van der Waals surface area (Å²) in [5.74, 6) is -1.01. The molecule has 1 aromatic heterocycles. The van der Waals surface area contributed by atoms with Gasteiger partial charge in [0.05, 0.1) is 17.2 Å². The van der Waals surface area contributed by atoms with Crippen molar-refractivity contribution in [3.8, 4) is 16.9 Å². The Hall–Kier alpha value is -3.46. The zero-order valence-corrected chi connectivity index (χ0v) is 20.5. The van der Waals surface area contributed by atoms with Gasteiger partial charge in [-0.1, -0.05) is 61.9 Å². The zero-order chi connectivity index (χ0) is 24.8. The first-order valence-corrected chi connectivity index (χ1v) is 13.6. The van der Waals surface area contributed by atoms with Crippen molar-refractivity contribution in [2.24, 2.45) is 0 Å². The molecule has 1 aliphatic heterocycles. The zero-order valence-electron chi connectivity index (χ0n) is 19.7. The van der Waals surface area contributed by atoms with E-state index in [0.717, 1.165) is 24.1 Å². The normalized spacial score (nSPS) is 16.7. The standard InChI is InChI=1S/C26H29N3O5S/c1-2-3-15-28(22-14-16-35(32,33)19-22)24(30)18-34-26(31)23-17-29(21-12-8-5-9-13-21)27-25(23)20-10-6-4-7-11-20/h4-13,17,22H,2-3,14-16,18-19H2,1H3. The van der Waals surface area contributed by atoms with Gasteiger partial charge in [0.2, 0.25) is 0 Å². The Kier molecular flexibility index (Phi) is 7.65. The highest BCUT2D eigenvalue weighted by Gasteiger charge is 2.34. The SMILES string of the molecule is CCCCN(C(=O)COC(=O)c1cn(-c2ccccc2)nc1-c1ccccc1)C1CCS(=O)(=O)C1. The van der Waals surface area contributed by atoms with Gasteiger partial charge < -0.3 is 9.64 Å². The summed E-state index contributed by atoms with van der Waals surface area (Å²) in [5, 5.41) is 4.61. The minimum atomic E-state index is -3.15. The predicted octanol–water partition coefficient (Wildman–Crippen LogP) is 3.51. The second-order valence-corrected chi connectivity index (χ2v) is 10.8. The van der Waals surface area contributed by atoms with Crippen LogP contribution in [-0.2, 0) is 19.4 Å². The van der Waals surface area contributed by atoms with Crippen molar-refractivity contribution in [2.75, 3.05) is 24.7 Å². The summed E-state index contributed by atoms with van der Waals surface area (Å²) in [6, 6.07) is 18.3. The van der Waals surface area contributed by atoms with Crippen LogP contribution in [0.25, 0.3) is 16.9 Å². The van der Waals surface area contributed by atoms with Gasteiger partial charge >= 0.3 is 5.97 Å². The number of esters is 1. The number of hydrogen-bond donors (Lipinski definition) is 0. The molecule has 0 aliphatic carbocycles. The Balaban J connectivity index is 1.53. The van der Waals surface area contributed by atoms with E-state index >= 15 is 0 Å². The molecule has 1 unspecified atom stereocenters. The first kappa shape index (κ1) is 24.7. The van der Waals surface area contributed by atoms with Gasteiger partial charge in [-0.3, -0.25) is 4.79 Å². The van der Waals surface area contributed by atoms with E-state index in [9.17, 15) is 18.0 Å². The number of nitrogens with zero attached hydrogens (tertiary/aromatic N) is 3. The average Bonchev–Trinajstić information content (AvgIpc) is 3.47. The molecule has 1 amide bonds. The lowest BCUT2D eigenvalue weighted by Crippen LogP contribution is -2.43. The first-order valence-electron chi connectivity index (χ1n) is 11.8. The lowest BCUT2D eigenvalue weighted by Gasteiger charge is -2.28. The van der Waals surface area contributed by atoms with Crippen LogP contribution in [0.5, 0.6) is 0 Å². The van der Waals surface area contributed by atoms with Crippen molar-refractivity contribution in [2.45, 2.75) is 32.2 Å². The van der Waals surface area contributed by atoms with Crippen molar-refractivity contribution in [3.05, 3.63) is 72.4 Å². The van der Waals surface area contributed by atoms with Gasteiger partial charge in [0, 0.05) is 24.3 Å². The number of aromatic nitrogens is 2. The van der Waals surface area contributed by atoms with E-state index in [1.165, 1.54) is 0 Å². The summed E-state index contributed by atoms with van der Waals surface area (Å²) < 4.78 is 31.0. The van der Waals surface area contributed by atoms with E-state index < -0.39 is 22.4 Å². The monoisotopic (exact) mass is 495 g/mol. The van der Waals surface area contributed by atoms with Crippen LogP contribution in [0.3, 0.4) is 0 Å². The van der Waals surface area contributed by atoms with E-state index in [-0.39, 0.29) is 29.0 Å². The highest BCUT2D eigenvalue weighted by atomic mass is 32.2. The van der Waals surface area contributed by atoms with Crippen LogP contribution in [0.15, 0.2) is 66.9 Å². The summed E-state index contributed by atoms with van der Waals surface area (Å²) in [7, 11) is -3.15. The van der Waals surface area contributed by atoms with E-state index in [1.54, 1.807) is 15.8 Å². The minimum absolute atomic E-state index is 0.0433. The second-order valence-electron chi connectivity index (χ2n) is 8.61. The number of unbranched alkanes of at least 4 members (excludes halogenated alkanes) is 1. The van der Waals surface area contributed by atoms with Gasteiger partial charge in [0.15, 0.2) is 16.4 Å². The fourth-order valence-corrected chi connectivity index (χ4v) is 5.92. The lowest BCUT2D eigenvalue weighted by atomic mass is 10.1. The van der Waals surface area contributed by atoms with Crippen molar-refractivity contribution in [1.29, 1.82) is 0 Å². The van der Waals surface area contributed by atoms with Crippen molar-refractivity contribution in [3.63, 3.8) is 0 Å². The largest absolute Gasteiger partial charge is 0.452 e. The molecule has 0 radical (unpaired) electrons. The first-order chi connectivity index (χ1) is 16.9. The summed E-state index contributed by atoms with van der Waals surface area (Å²) in [5.41, 5.74) is 2.24. The highest BCUT2D eigenvalue weighted by molar-refractivity contribution is 7.91. The summed E-state index contributed by atoms with van der Waals surface area (Å²) in [6.45, 7) is 1.99. The molecular formula is C26H29N3O5S. The van der Waals surface area contributed by atoms with Gasteiger partial charge in [-0.2, -0.15) is 5.10 Å². The molecule has 184 valence electrons. The molecule has 8 nitrogen and oxygen atoms in total. The van der Waals surface area contributed by atoms with Crippen molar-refractivity contribution >= 4 is 21.7 Å². The molecule has 2 aromatic carbocycles. The Labute approximate surface area is 205 Å². The van der Waals surface area contributed by atoms with E-state index in [4.69, 9.17) is 4.74 Å². The number of sulfone groups is 1. The summed E-state index contributed by atoms with van der Waals surface area (Å²) in [4.78, 5) is 27.7. The molecular weight excluding hydrogens is 466 g/mol. The predicted molar refractivity (Wildman–Crippen MR) is 133 cm³/mol. The van der Waals surface area contributed by atoms with Crippen LogP contribution in [0.2, 0.25) is 0 Å². The molecule has 1 aliphatic rings. The molecule has 0 saturated carbocycles. The number of rotatable bonds is 9. The van der Waals surface area contributed by atoms with Gasteiger partial charge in [0.1, 0.15) is 11.3 Å². The summed E-state index contributed by atoms with van der Waals surface area (Å²) in [6.07, 6.45) is 3.62. The Bertz CT molecular complexity index is 1270. The lowest BCUT2D eigenvalue weighted by molar-refractivity contribution is -0.136. The maximum absolute atomic E-state index is 13.1. The molecule has 4 rings (SSSR count). The fraction of sp³-hybridized carbons (Fsp3) is 0.346. The van der Waals surface area contributed by atoms with E-state index in [2.05, 4.69) is 5.10 Å². The number of amides is 1. The Morgan fingerprint density at radius 1 is 1.09 bits per heavy atom. The summed E-state index contributed by atoms with van der Waals surface area (Å²) >= 11 is 0. The fourth-order valence-electron chi connectivity index (χ4n) is 4.19. The van der Waals surface area contributed by atoms with Gasteiger partial charge in [0.25, 0.3) is 5.91 Å². The van der Waals surface area contributed by atoms with Crippen LogP contribution in [0.1, 0.15) is 36.5 Å².